The van der Waals surface area contributed by atoms with Gasteiger partial charge in [0.1, 0.15) is 0 Å². The first-order valence-electron chi connectivity index (χ1n) is 9.48. The van der Waals surface area contributed by atoms with Crippen molar-refractivity contribution in [2.75, 3.05) is 18.4 Å². The summed E-state index contributed by atoms with van der Waals surface area (Å²) in [6.45, 7) is 4.54. The molecule has 0 unspecified atom stereocenters. The van der Waals surface area contributed by atoms with E-state index in [1.165, 1.54) is 19.2 Å². The van der Waals surface area contributed by atoms with Gasteiger partial charge in [-0.15, -0.1) is 11.3 Å². The molecule has 1 aromatic heterocycles. The van der Waals surface area contributed by atoms with Crippen molar-refractivity contribution in [1.29, 1.82) is 0 Å². The van der Waals surface area contributed by atoms with Crippen LogP contribution in [0.15, 0.2) is 28.5 Å². The Kier molecular flexibility index (Phi) is 6.74. The molecule has 1 atom stereocenters. The summed E-state index contributed by atoms with van der Waals surface area (Å²) in [5, 5.41) is 0.478. The van der Waals surface area contributed by atoms with Crippen LogP contribution in [0, 0.1) is 5.92 Å². The minimum absolute atomic E-state index is 0.0277. The molecule has 1 aliphatic rings. The van der Waals surface area contributed by atoms with Crippen LogP contribution in [0.25, 0.3) is 0 Å². The maximum absolute atomic E-state index is 13.1. The number of nitrogens with one attached hydrogen (secondary N) is 1. The third-order valence-electron chi connectivity index (χ3n) is 5.10. The molecule has 3 rings (SSSR count). The highest BCUT2D eigenvalue weighted by molar-refractivity contribution is 7.94. The molecule has 1 N–H and O–H groups in total. The first-order chi connectivity index (χ1) is 14.2. The molecule has 0 radical (unpaired) electrons. The van der Waals surface area contributed by atoms with Crippen LogP contribution in [0.3, 0.4) is 0 Å². The van der Waals surface area contributed by atoms with Crippen LogP contribution in [-0.2, 0) is 32.5 Å². The zero-order valence-electron chi connectivity index (χ0n) is 16.9. The highest BCUT2D eigenvalue weighted by Crippen LogP contribution is 2.38. The van der Waals surface area contributed by atoms with Gasteiger partial charge in [0.25, 0.3) is 10.0 Å². The summed E-state index contributed by atoms with van der Waals surface area (Å²) in [7, 11) is -2.82. The monoisotopic (exact) mass is 470 g/mol. The Morgan fingerprint density at radius 3 is 2.57 bits per heavy atom. The molecule has 2 heterocycles. The Morgan fingerprint density at radius 1 is 1.30 bits per heavy atom. The molecule has 2 aromatic rings. The molecule has 0 fully saturated rings. The predicted octanol–water partition coefficient (Wildman–Crippen LogP) is 3.92. The molecule has 1 aromatic carbocycles. The average molecular weight is 471 g/mol. The number of amides is 1. The van der Waals surface area contributed by atoms with Crippen molar-refractivity contribution in [3.63, 3.8) is 0 Å². The van der Waals surface area contributed by atoms with Crippen LogP contribution in [0.4, 0.5) is 5.69 Å². The fraction of sp³-hybridized carbons (Fsp3) is 0.400. The lowest BCUT2D eigenvalue weighted by Crippen LogP contribution is -2.38. The molecular formula is C20H23ClN2O5S2. The molecule has 1 amide bonds. The number of hydrogen-bond donors (Lipinski definition) is 1. The predicted molar refractivity (Wildman–Crippen MR) is 116 cm³/mol. The average Bonchev–Trinajstić information content (AvgIpc) is 3.13. The quantitative estimate of drug-likeness (QED) is 0.646. The fourth-order valence-corrected chi connectivity index (χ4v) is 6.36. The van der Waals surface area contributed by atoms with Crippen LogP contribution < -0.4 is 4.72 Å². The number of hydrogen-bond acceptors (Lipinski definition) is 6. The van der Waals surface area contributed by atoms with Gasteiger partial charge in [-0.3, -0.25) is 9.52 Å². The normalized spacial score (nSPS) is 14.7. The second-order valence-corrected chi connectivity index (χ2v) is 10.5. The summed E-state index contributed by atoms with van der Waals surface area (Å²) in [6, 6.07) is 6.21. The lowest BCUT2D eigenvalue weighted by molar-refractivity contribution is -0.135. The molecule has 7 nitrogen and oxygen atoms in total. The van der Waals surface area contributed by atoms with E-state index in [0.717, 1.165) is 17.8 Å². The Labute approximate surface area is 185 Å². The molecule has 162 valence electrons. The molecule has 0 bridgehead atoms. The number of carbonyl (C=O) groups is 2. The minimum atomic E-state index is -4.04. The van der Waals surface area contributed by atoms with Crippen LogP contribution in [0.5, 0.6) is 0 Å². The maximum Gasteiger partial charge on any atom is 0.340 e. The number of ether oxygens (including phenoxy) is 1. The SMILES string of the molecule is CC[C@@H](C)C(=O)N1CCc2c(sc(S(=O)(=O)Nc3ccc(Cl)cc3)c2C(=O)OC)C1. The summed E-state index contributed by atoms with van der Waals surface area (Å²) in [5.74, 6) is -0.785. The van der Waals surface area contributed by atoms with E-state index >= 15 is 0 Å². The molecule has 0 saturated carbocycles. The number of benzene rings is 1. The summed E-state index contributed by atoms with van der Waals surface area (Å²) in [4.78, 5) is 27.5. The number of halogens is 1. The van der Waals surface area contributed by atoms with Crippen LogP contribution >= 0.6 is 22.9 Å². The zero-order valence-corrected chi connectivity index (χ0v) is 19.3. The van der Waals surface area contributed by atoms with E-state index in [4.69, 9.17) is 16.3 Å². The topological polar surface area (TPSA) is 92.8 Å². The first kappa shape index (κ1) is 22.6. The lowest BCUT2D eigenvalue weighted by atomic mass is 10.0. The first-order valence-corrected chi connectivity index (χ1v) is 12.2. The lowest BCUT2D eigenvalue weighted by Gasteiger charge is -2.29. The Hall–Kier alpha value is -2.10. The van der Waals surface area contributed by atoms with Gasteiger partial charge in [-0.2, -0.15) is 0 Å². The van der Waals surface area contributed by atoms with E-state index in [9.17, 15) is 18.0 Å². The van der Waals surface area contributed by atoms with Gasteiger partial charge in [-0.05, 0) is 42.7 Å². The van der Waals surface area contributed by atoms with E-state index in [1.54, 1.807) is 17.0 Å². The molecular weight excluding hydrogens is 448 g/mol. The Bertz CT molecular complexity index is 1060. The largest absolute Gasteiger partial charge is 0.465 e. The number of nitrogens with zero attached hydrogens (tertiary/aromatic N) is 1. The van der Waals surface area contributed by atoms with Crippen molar-refractivity contribution >= 4 is 50.5 Å². The fourth-order valence-electron chi connectivity index (χ4n) is 3.27. The number of fused-ring (bicyclic) bond motifs is 1. The number of rotatable bonds is 6. The van der Waals surface area contributed by atoms with Crippen molar-refractivity contribution < 1.29 is 22.7 Å². The van der Waals surface area contributed by atoms with E-state index in [1.807, 2.05) is 13.8 Å². The zero-order chi connectivity index (χ0) is 22.1. The van der Waals surface area contributed by atoms with E-state index in [0.29, 0.717) is 34.1 Å². The summed E-state index contributed by atoms with van der Waals surface area (Å²) < 4.78 is 33.4. The summed E-state index contributed by atoms with van der Waals surface area (Å²) >= 11 is 6.86. The number of methoxy groups -OCH3 is 1. The van der Waals surface area contributed by atoms with E-state index in [2.05, 4.69) is 4.72 Å². The van der Waals surface area contributed by atoms with Gasteiger partial charge < -0.3 is 9.64 Å². The van der Waals surface area contributed by atoms with Gasteiger partial charge in [0.2, 0.25) is 5.91 Å². The summed E-state index contributed by atoms with van der Waals surface area (Å²) in [6.07, 6.45) is 1.12. The molecule has 0 aliphatic carbocycles. The molecule has 0 spiro atoms. The number of anilines is 1. The van der Waals surface area contributed by atoms with Crippen molar-refractivity contribution in [2.45, 2.75) is 37.4 Å². The van der Waals surface area contributed by atoms with E-state index < -0.39 is 16.0 Å². The molecule has 0 saturated heterocycles. The second-order valence-electron chi connectivity index (χ2n) is 7.09. The third-order valence-corrected chi connectivity index (χ3v) is 8.47. The molecule has 10 heteroatoms. The number of sulfonamides is 1. The smallest absolute Gasteiger partial charge is 0.340 e. The van der Waals surface area contributed by atoms with Gasteiger partial charge in [0, 0.05) is 28.0 Å². The van der Waals surface area contributed by atoms with Gasteiger partial charge in [-0.25, -0.2) is 13.2 Å². The van der Waals surface area contributed by atoms with E-state index in [-0.39, 0.29) is 28.1 Å². The van der Waals surface area contributed by atoms with Crippen molar-refractivity contribution in [3.8, 4) is 0 Å². The standard InChI is InChI=1S/C20H23ClN2O5S2/c1-4-12(2)18(24)23-10-9-15-16(11-23)29-20(17(15)19(25)28-3)30(26,27)22-14-7-5-13(21)6-8-14/h5-8,12,22H,4,9-11H2,1-3H3/t12-/m1/s1. The highest BCUT2D eigenvalue weighted by Gasteiger charge is 2.35. The Balaban J connectivity index is 1.99. The van der Waals surface area contributed by atoms with Crippen LogP contribution in [-0.4, -0.2) is 38.8 Å². The minimum Gasteiger partial charge on any atom is -0.465 e. The van der Waals surface area contributed by atoms with Crippen LogP contribution in [0.1, 0.15) is 41.1 Å². The van der Waals surface area contributed by atoms with Gasteiger partial charge in [0.05, 0.1) is 19.2 Å². The van der Waals surface area contributed by atoms with Gasteiger partial charge in [-0.1, -0.05) is 25.4 Å². The van der Waals surface area contributed by atoms with Crippen molar-refractivity contribution in [3.05, 3.63) is 45.3 Å². The van der Waals surface area contributed by atoms with Gasteiger partial charge >= 0.3 is 5.97 Å². The molecule has 30 heavy (non-hydrogen) atoms. The maximum atomic E-state index is 13.1. The number of esters is 1. The van der Waals surface area contributed by atoms with Gasteiger partial charge in [0.15, 0.2) is 4.21 Å². The van der Waals surface area contributed by atoms with Crippen LogP contribution in [0.2, 0.25) is 5.02 Å². The second kappa shape index (κ2) is 8.95. The number of thiophene rings is 1. The van der Waals surface area contributed by atoms with Crippen molar-refractivity contribution in [2.24, 2.45) is 5.92 Å². The Morgan fingerprint density at radius 2 is 1.97 bits per heavy atom. The third kappa shape index (κ3) is 4.48. The van der Waals surface area contributed by atoms with Crippen molar-refractivity contribution in [1.82, 2.24) is 4.90 Å². The summed E-state index contributed by atoms with van der Waals surface area (Å²) in [5.41, 5.74) is 1.02. The highest BCUT2D eigenvalue weighted by atomic mass is 35.5. The molecule has 1 aliphatic heterocycles. The number of carbonyl (C=O) groups excluding carboxylic acids is 2.